The van der Waals surface area contributed by atoms with Crippen LogP contribution in [-0.2, 0) is 0 Å². The third-order valence-corrected chi connectivity index (χ3v) is 4.01. The van der Waals surface area contributed by atoms with Gasteiger partial charge in [0.05, 0.1) is 5.04 Å². The Balaban J connectivity index is 1.97. The molecule has 0 atom stereocenters. The van der Waals surface area contributed by atoms with Crippen molar-refractivity contribution >= 4 is 34.8 Å². The molecule has 1 heterocycles. The van der Waals surface area contributed by atoms with Gasteiger partial charge in [-0.15, -0.1) is 11.8 Å². The molecule has 0 spiro atoms. The van der Waals surface area contributed by atoms with Crippen molar-refractivity contribution < 1.29 is 5.11 Å². The lowest BCUT2D eigenvalue weighted by Crippen LogP contribution is -2.26. The summed E-state index contributed by atoms with van der Waals surface area (Å²) in [5.74, 6) is 1.19. The van der Waals surface area contributed by atoms with Gasteiger partial charge < -0.3 is 5.11 Å². The number of hydrogen-bond donors (Lipinski definition) is 1. The average Bonchev–Trinajstić information content (AvgIpc) is 2.51. The van der Waals surface area contributed by atoms with Crippen LogP contribution in [0.2, 0.25) is 0 Å². The van der Waals surface area contributed by atoms with Crippen molar-refractivity contribution in [2.45, 2.75) is 6.92 Å². The van der Waals surface area contributed by atoms with E-state index in [4.69, 9.17) is 0 Å². The Hall–Kier alpha value is -1.85. The van der Waals surface area contributed by atoms with Gasteiger partial charge in [-0.05, 0) is 20.0 Å². The van der Waals surface area contributed by atoms with Gasteiger partial charge in [-0.25, -0.2) is 0 Å². The van der Waals surface area contributed by atoms with Gasteiger partial charge in [-0.1, -0.05) is 30.4 Å². The Bertz CT molecular complexity index is 620. The number of aromatic hydroxyl groups is 1. The summed E-state index contributed by atoms with van der Waals surface area (Å²) in [6, 6.07) is 5.42. The zero-order valence-electron chi connectivity index (χ0n) is 12.9. The van der Waals surface area contributed by atoms with Crippen molar-refractivity contribution in [2.24, 2.45) is 9.98 Å². The molecule has 1 aliphatic rings. The molecule has 0 amide bonds. The van der Waals surface area contributed by atoms with E-state index in [2.05, 4.69) is 21.0 Å². The number of thioether (sulfide) groups is 1. The van der Waals surface area contributed by atoms with Crippen LogP contribution in [0.5, 0.6) is 5.75 Å². The molecule has 5 heteroatoms. The van der Waals surface area contributed by atoms with Crippen LogP contribution in [0.25, 0.3) is 6.08 Å². The van der Waals surface area contributed by atoms with Gasteiger partial charge in [0.15, 0.2) is 0 Å². The molecule has 1 aromatic carbocycles. The van der Waals surface area contributed by atoms with E-state index in [1.807, 2.05) is 50.7 Å². The third-order valence-electron chi connectivity index (χ3n) is 3.08. The highest BCUT2D eigenvalue weighted by Gasteiger charge is 2.06. The molecule has 1 aliphatic heterocycles. The highest BCUT2D eigenvalue weighted by atomic mass is 32.2. The molecular weight excluding hydrogens is 294 g/mol. The van der Waals surface area contributed by atoms with E-state index in [0.717, 1.165) is 22.9 Å². The molecule has 0 saturated carbocycles. The summed E-state index contributed by atoms with van der Waals surface area (Å²) in [6.07, 6.45) is 9.61. The minimum Gasteiger partial charge on any atom is -0.506 e. The molecule has 0 radical (unpaired) electrons. The molecule has 22 heavy (non-hydrogen) atoms. The summed E-state index contributed by atoms with van der Waals surface area (Å²) in [5, 5.41) is 11.1. The number of phenolic OH excluding ortho intramolecular Hbond substituents is 1. The normalized spacial score (nSPS) is 15.1. The number of rotatable bonds is 6. The molecular formula is C17H21N3OS. The zero-order chi connectivity index (χ0) is 15.8. The van der Waals surface area contributed by atoms with E-state index < -0.39 is 0 Å². The van der Waals surface area contributed by atoms with Crippen LogP contribution in [-0.4, -0.2) is 47.2 Å². The molecule has 2 rings (SSSR count). The SMILES string of the molecule is C/C=C\c1cccc(O)c1N=CCN(C)CC1=NC=CCS1. The molecule has 1 N–H and O–H groups in total. The second kappa shape index (κ2) is 8.56. The lowest BCUT2D eigenvalue weighted by molar-refractivity contribution is 0.442. The first-order chi connectivity index (χ1) is 10.7. The van der Waals surface area contributed by atoms with Crippen LogP contribution in [0.15, 0.2) is 46.5 Å². The van der Waals surface area contributed by atoms with Gasteiger partial charge in [-0.2, -0.15) is 0 Å². The smallest absolute Gasteiger partial charge is 0.141 e. The van der Waals surface area contributed by atoms with E-state index in [9.17, 15) is 5.11 Å². The monoisotopic (exact) mass is 315 g/mol. The maximum atomic E-state index is 9.95. The first-order valence-corrected chi connectivity index (χ1v) is 8.19. The topological polar surface area (TPSA) is 48.2 Å². The van der Waals surface area contributed by atoms with E-state index in [0.29, 0.717) is 12.2 Å². The number of phenols is 1. The van der Waals surface area contributed by atoms with Crippen LogP contribution in [0, 0.1) is 0 Å². The van der Waals surface area contributed by atoms with Crippen LogP contribution < -0.4 is 0 Å². The predicted octanol–water partition coefficient (Wildman–Crippen LogP) is 3.72. The van der Waals surface area contributed by atoms with Crippen molar-refractivity contribution in [1.82, 2.24) is 4.90 Å². The predicted molar refractivity (Wildman–Crippen MR) is 97.5 cm³/mol. The molecule has 0 bridgehead atoms. The standard InChI is InChI=1S/C17H21N3OS/c1-3-6-14-7-4-8-15(21)17(14)19-10-11-20(2)13-16-18-9-5-12-22-16/h3-10,21H,11-13H2,1-2H3/b6-3-,19-10?. The molecule has 0 aliphatic carbocycles. The lowest BCUT2D eigenvalue weighted by Gasteiger charge is -2.16. The fourth-order valence-corrected chi connectivity index (χ4v) is 2.84. The van der Waals surface area contributed by atoms with Crippen LogP contribution in [0.4, 0.5) is 5.69 Å². The van der Waals surface area contributed by atoms with Crippen LogP contribution >= 0.6 is 11.8 Å². The zero-order valence-corrected chi connectivity index (χ0v) is 13.8. The molecule has 116 valence electrons. The summed E-state index contributed by atoms with van der Waals surface area (Å²) in [7, 11) is 2.03. The number of allylic oxidation sites excluding steroid dienone is 1. The summed E-state index contributed by atoms with van der Waals surface area (Å²) in [4.78, 5) is 10.9. The highest BCUT2D eigenvalue weighted by Crippen LogP contribution is 2.30. The van der Waals surface area contributed by atoms with Gasteiger partial charge in [0.2, 0.25) is 0 Å². The number of para-hydroxylation sites is 1. The second-order valence-corrected chi connectivity index (χ2v) is 6.04. The Kier molecular flexibility index (Phi) is 6.43. The largest absolute Gasteiger partial charge is 0.506 e. The number of benzene rings is 1. The van der Waals surface area contributed by atoms with Crippen LogP contribution in [0.1, 0.15) is 12.5 Å². The molecule has 0 saturated heterocycles. The van der Waals surface area contributed by atoms with E-state index >= 15 is 0 Å². The van der Waals surface area contributed by atoms with Gasteiger partial charge in [-0.3, -0.25) is 14.9 Å². The van der Waals surface area contributed by atoms with E-state index in [1.54, 1.807) is 17.8 Å². The maximum absolute atomic E-state index is 9.95. The highest BCUT2D eigenvalue weighted by molar-refractivity contribution is 8.14. The quantitative estimate of drug-likeness (QED) is 0.814. The maximum Gasteiger partial charge on any atom is 0.141 e. The minimum absolute atomic E-state index is 0.201. The minimum atomic E-state index is 0.201. The van der Waals surface area contributed by atoms with Gasteiger partial charge in [0, 0.05) is 36.8 Å². The first-order valence-electron chi connectivity index (χ1n) is 7.21. The Morgan fingerprint density at radius 1 is 1.45 bits per heavy atom. The van der Waals surface area contributed by atoms with Gasteiger partial charge >= 0.3 is 0 Å². The molecule has 4 nitrogen and oxygen atoms in total. The second-order valence-electron chi connectivity index (χ2n) is 4.94. The summed E-state index contributed by atoms with van der Waals surface area (Å²) < 4.78 is 0. The van der Waals surface area contributed by atoms with Gasteiger partial charge in [0.1, 0.15) is 11.4 Å². The van der Waals surface area contributed by atoms with Crippen molar-refractivity contribution in [2.75, 3.05) is 25.9 Å². The molecule has 0 aromatic heterocycles. The van der Waals surface area contributed by atoms with Crippen molar-refractivity contribution in [3.05, 3.63) is 42.1 Å². The Morgan fingerprint density at radius 3 is 3.05 bits per heavy atom. The van der Waals surface area contributed by atoms with Crippen molar-refractivity contribution in [3.63, 3.8) is 0 Å². The average molecular weight is 315 g/mol. The lowest BCUT2D eigenvalue weighted by atomic mass is 10.1. The summed E-state index contributed by atoms with van der Waals surface area (Å²) in [6.45, 7) is 3.46. The molecule has 1 aromatic rings. The molecule has 0 fully saturated rings. The van der Waals surface area contributed by atoms with Crippen LogP contribution in [0.3, 0.4) is 0 Å². The summed E-state index contributed by atoms with van der Waals surface area (Å²) >= 11 is 1.76. The molecule has 0 unspecified atom stereocenters. The fraction of sp³-hybridized carbons (Fsp3) is 0.294. The number of hydrogen-bond acceptors (Lipinski definition) is 5. The Labute approximate surface area is 136 Å². The number of aliphatic imine (C=N–C) groups is 2. The van der Waals surface area contributed by atoms with Crippen molar-refractivity contribution in [3.8, 4) is 5.75 Å². The summed E-state index contributed by atoms with van der Waals surface area (Å²) in [5.41, 5.74) is 1.53. The van der Waals surface area contributed by atoms with Gasteiger partial charge in [0.25, 0.3) is 0 Å². The van der Waals surface area contributed by atoms with E-state index in [1.165, 1.54) is 0 Å². The van der Waals surface area contributed by atoms with Crippen molar-refractivity contribution in [1.29, 1.82) is 0 Å². The third kappa shape index (κ3) is 4.86. The number of nitrogens with zero attached hydrogens (tertiary/aromatic N) is 3. The first kappa shape index (κ1) is 16.5. The fourth-order valence-electron chi connectivity index (χ4n) is 2.02. The van der Waals surface area contributed by atoms with E-state index in [-0.39, 0.29) is 5.75 Å². The Morgan fingerprint density at radius 2 is 2.32 bits per heavy atom.